The predicted molar refractivity (Wildman–Crippen MR) is 53.2 cm³/mol. The molecule has 0 spiro atoms. The first kappa shape index (κ1) is 12.2. The van der Waals surface area contributed by atoms with Crippen LogP contribution in [0.1, 0.15) is 15.4 Å². The smallest absolute Gasteiger partial charge is 0.350 e. The second-order valence-corrected chi connectivity index (χ2v) is 3.07. The van der Waals surface area contributed by atoms with Crippen LogP contribution in [-0.2, 0) is 4.74 Å². The zero-order chi connectivity index (χ0) is 9.14. The van der Waals surface area contributed by atoms with Crippen molar-refractivity contribution >= 4 is 34.8 Å². The highest BCUT2D eigenvalue weighted by Gasteiger charge is 2.14. The lowest BCUT2D eigenvalue weighted by molar-refractivity contribution is 0.0605. The number of methoxy groups -OCH3 is 1. The normalized spacial score (nSPS) is 8.85. The molecule has 74 valence electrons. The molecule has 0 radical (unpaired) electrons. The van der Waals surface area contributed by atoms with Crippen LogP contribution in [0.3, 0.4) is 0 Å². The summed E-state index contributed by atoms with van der Waals surface area (Å²) in [5.41, 5.74) is 2.99. The Morgan fingerprint density at radius 2 is 2.31 bits per heavy atom. The summed E-state index contributed by atoms with van der Waals surface area (Å²) in [5, 5.41) is 0.507. The van der Waals surface area contributed by atoms with Gasteiger partial charge in [0.05, 0.1) is 12.8 Å². The van der Waals surface area contributed by atoms with Crippen LogP contribution in [0.2, 0.25) is 0 Å². The third kappa shape index (κ3) is 2.55. The van der Waals surface area contributed by atoms with Gasteiger partial charge in [-0.1, -0.05) is 11.3 Å². The number of carbonyl (C=O) groups excluding carboxylic acids is 1. The largest absolute Gasteiger partial charge is 0.465 e. The first-order valence-electron chi connectivity index (χ1n) is 3.21. The Hall–Kier alpha value is -0.850. The maximum atomic E-state index is 11.0. The standard InChI is InChI=1S/C6H9N3O2S.ClH/c1-3-4(5(10)11-2)12-6(8-3)9-7;/h7H2,1-2H3,(H,8,9);1H. The monoisotopic (exact) mass is 223 g/mol. The highest BCUT2D eigenvalue weighted by molar-refractivity contribution is 7.17. The van der Waals surface area contributed by atoms with Gasteiger partial charge in [-0.3, -0.25) is 5.43 Å². The predicted octanol–water partition coefficient (Wildman–Crippen LogP) is 0.946. The van der Waals surface area contributed by atoms with Gasteiger partial charge in [0.2, 0.25) is 0 Å². The van der Waals surface area contributed by atoms with E-state index in [2.05, 4.69) is 15.1 Å². The fourth-order valence-electron chi connectivity index (χ4n) is 0.740. The summed E-state index contributed by atoms with van der Waals surface area (Å²) >= 11 is 1.17. The van der Waals surface area contributed by atoms with Gasteiger partial charge < -0.3 is 4.74 Å². The topological polar surface area (TPSA) is 77.2 Å². The van der Waals surface area contributed by atoms with E-state index in [1.807, 2.05) is 0 Å². The molecule has 0 saturated heterocycles. The Morgan fingerprint density at radius 3 is 2.69 bits per heavy atom. The summed E-state index contributed by atoms with van der Waals surface area (Å²) in [6.45, 7) is 1.73. The molecule has 0 atom stereocenters. The Morgan fingerprint density at radius 1 is 1.69 bits per heavy atom. The van der Waals surface area contributed by atoms with Crippen LogP contribution in [0, 0.1) is 6.92 Å². The van der Waals surface area contributed by atoms with Crippen LogP contribution in [0.4, 0.5) is 5.13 Å². The minimum Gasteiger partial charge on any atom is -0.465 e. The van der Waals surface area contributed by atoms with Crippen molar-refractivity contribution in [1.29, 1.82) is 0 Å². The van der Waals surface area contributed by atoms with E-state index >= 15 is 0 Å². The number of nitrogens with one attached hydrogen (secondary N) is 1. The lowest BCUT2D eigenvalue weighted by Crippen LogP contribution is -2.05. The quantitative estimate of drug-likeness (QED) is 0.443. The van der Waals surface area contributed by atoms with Gasteiger partial charge in [0.15, 0.2) is 5.13 Å². The summed E-state index contributed by atoms with van der Waals surface area (Å²) in [6, 6.07) is 0. The van der Waals surface area contributed by atoms with E-state index < -0.39 is 0 Å². The van der Waals surface area contributed by atoms with Crippen LogP contribution >= 0.6 is 23.7 Å². The van der Waals surface area contributed by atoms with Gasteiger partial charge in [-0.05, 0) is 6.92 Å². The molecule has 0 saturated carbocycles. The van der Waals surface area contributed by atoms with Gasteiger partial charge >= 0.3 is 5.97 Å². The number of hydrogen-bond acceptors (Lipinski definition) is 6. The number of ether oxygens (including phenoxy) is 1. The summed E-state index contributed by atoms with van der Waals surface area (Å²) in [4.78, 5) is 15.5. The molecule has 1 aromatic rings. The number of rotatable bonds is 2. The molecule has 0 fully saturated rings. The Bertz CT molecular complexity index is 302. The van der Waals surface area contributed by atoms with Gasteiger partial charge in [0.1, 0.15) is 4.88 Å². The van der Waals surface area contributed by atoms with Gasteiger partial charge in [-0.25, -0.2) is 15.6 Å². The number of nitrogens with two attached hydrogens (primary N) is 1. The summed E-state index contributed by atoms with van der Waals surface area (Å²) in [5.74, 6) is 4.74. The zero-order valence-corrected chi connectivity index (χ0v) is 8.79. The molecule has 0 aliphatic heterocycles. The third-order valence-electron chi connectivity index (χ3n) is 1.29. The fourth-order valence-corrected chi connectivity index (χ4v) is 1.54. The Kier molecular flexibility index (Phi) is 4.68. The van der Waals surface area contributed by atoms with Crippen molar-refractivity contribution in [3.63, 3.8) is 0 Å². The van der Waals surface area contributed by atoms with Crippen molar-refractivity contribution < 1.29 is 9.53 Å². The Labute approximate surface area is 85.7 Å². The molecule has 0 aliphatic rings. The van der Waals surface area contributed by atoms with Crippen molar-refractivity contribution in [3.05, 3.63) is 10.6 Å². The Balaban J connectivity index is 0.00000144. The molecule has 5 nitrogen and oxygen atoms in total. The minimum atomic E-state index is -0.383. The van der Waals surface area contributed by atoms with Crippen molar-refractivity contribution in [2.24, 2.45) is 5.84 Å². The molecule has 0 amide bonds. The zero-order valence-electron chi connectivity index (χ0n) is 7.16. The maximum absolute atomic E-state index is 11.0. The van der Waals surface area contributed by atoms with E-state index in [-0.39, 0.29) is 18.4 Å². The van der Waals surface area contributed by atoms with Crippen molar-refractivity contribution in [3.8, 4) is 0 Å². The van der Waals surface area contributed by atoms with Gasteiger partial charge in [0, 0.05) is 0 Å². The lowest BCUT2D eigenvalue weighted by Gasteiger charge is -1.93. The molecule has 1 heterocycles. The van der Waals surface area contributed by atoms with Gasteiger partial charge in [-0.2, -0.15) is 0 Å². The number of halogens is 1. The van der Waals surface area contributed by atoms with Crippen molar-refractivity contribution in [1.82, 2.24) is 4.98 Å². The summed E-state index contributed by atoms with van der Waals surface area (Å²) < 4.78 is 4.54. The number of hydrazine groups is 1. The molecule has 0 bridgehead atoms. The number of carbonyl (C=O) groups is 1. The second kappa shape index (κ2) is 5.00. The van der Waals surface area contributed by atoms with Crippen LogP contribution in [0.25, 0.3) is 0 Å². The molecule has 0 unspecified atom stereocenters. The van der Waals surface area contributed by atoms with Crippen LogP contribution in [0.15, 0.2) is 0 Å². The number of aryl methyl sites for hydroxylation is 1. The molecular weight excluding hydrogens is 214 g/mol. The van der Waals surface area contributed by atoms with Crippen molar-refractivity contribution in [2.75, 3.05) is 12.5 Å². The molecule has 13 heavy (non-hydrogen) atoms. The van der Waals surface area contributed by atoms with E-state index in [9.17, 15) is 4.79 Å². The first-order valence-corrected chi connectivity index (χ1v) is 4.03. The number of anilines is 1. The van der Waals surface area contributed by atoms with Crippen molar-refractivity contribution in [2.45, 2.75) is 6.92 Å². The third-order valence-corrected chi connectivity index (χ3v) is 2.36. The van der Waals surface area contributed by atoms with E-state index in [0.717, 1.165) is 0 Å². The van der Waals surface area contributed by atoms with E-state index in [4.69, 9.17) is 5.84 Å². The molecule has 0 aliphatic carbocycles. The lowest BCUT2D eigenvalue weighted by atomic mass is 10.4. The molecule has 1 rings (SSSR count). The van der Waals surface area contributed by atoms with Gasteiger partial charge in [0.25, 0.3) is 0 Å². The fraction of sp³-hybridized carbons (Fsp3) is 0.333. The van der Waals surface area contributed by atoms with Gasteiger partial charge in [-0.15, -0.1) is 12.4 Å². The highest BCUT2D eigenvalue weighted by Crippen LogP contribution is 2.21. The van der Waals surface area contributed by atoms with Crippen LogP contribution in [0.5, 0.6) is 0 Å². The average Bonchev–Trinajstić information content (AvgIpc) is 2.45. The van der Waals surface area contributed by atoms with Crippen LogP contribution in [-0.4, -0.2) is 18.1 Å². The number of aromatic nitrogens is 1. The first-order chi connectivity index (χ1) is 5.69. The minimum absolute atomic E-state index is 0. The molecule has 0 aromatic carbocycles. The number of hydrogen-bond donors (Lipinski definition) is 2. The van der Waals surface area contributed by atoms with E-state index in [1.165, 1.54) is 18.4 Å². The maximum Gasteiger partial charge on any atom is 0.350 e. The van der Waals surface area contributed by atoms with Crippen LogP contribution < -0.4 is 11.3 Å². The summed E-state index contributed by atoms with van der Waals surface area (Å²) in [6.07, 6.45) is 0. The number of esters is 1. The molecule has 1 aromatic heterocycles. The van der Waals surface area contributed by atoms with E-state index in [1.54, 1.807) is 6.92 Å². The second-order valence-electron chi connectivity index (χ2n) is 2.07. The highest BCUT2D eigenvalue weighted by atomic mass is 35.5. The number of nitrogens with zero attached hydrogens (tertiary/aromatic N) is 1. The number of nitrogen functional groups attached to an aromatic ring is 1. The molecule has 7 heteroatoms. The SMILES string of the molecule is COC(=O)c1sc(NN)nc1C.Cl. The molecular formula is C6H10ClN3O2S. The average molecular weight is 224 g/mol. The molecule has 3 N–H and O–H groups in total. The number of thiazole rings is 1. The summed E-state index contributed by atoms with van der Waals surface area (Å²) in [7, 11) is 1.33. The van der Waals surface area contributed by atoms with E-state index in [0.29, 0.717) is 15.7 Å².